The average Bonchev–Trinajstić information content (AvgIpc) is 3.08. The minimum Gasteiger partial charge on any atom is -0.467 e. The van der Waals surface area contributed by atoms with E-state index in [0.717, 1.165) is 0 Å². The molecule has 1 amide bonds. The number of carbonyl (C=O) groups is 2. The van der Waals surface area contributed by atoms with Crippen LogP contribution in [-0.2, 0) is 9.53 Å². The molecule has 3 rings (SSSR count). The Morgan fingerprint density at radius 1 is 1.22 bits per heavy atom. The largest absolute Gasteiger partial charge is 0.467 e. The van der Waals surface area contributed by atoms with E-state index in [-0.39, 0.29) is 5.82 Å². The zero-order valence-corrected chi connectivity index (χ0v) is 15.3. The number of amides is 1. The summed E-state index contributed by atoms with van der Waals surface area (Å²) in [7, 11) is 1.25. The van der Waals surface area contributed by atoms with E-state index in [1.165, 1.54) is 18.0 Å². The zero-order chi connectivity index (χ0) is 19.4. The molecule has 0 radical (unpaired) electrons. The summed E-state index contributed by atoms with van der Waals surface area (Å²) in [5.74, 6) is -0.783. The molecule has 2 aromatic heterocycles. The van der Waals surface area contributed by atoms with Crippen molar-refractivity contribution >= 4 is 23.5 Å². The Hall–Kier alpha value is -3.26. The third-order valence-corrected chi connectivity index (χ3v) is 4.03. The summed E-state index contributed by atoms with van der Waals surface area (Å²) in [5, 5.41) is 7.40. The molecule has 0 aliphatic carbocycles. The number of rotatable bonds is 5. The number of carbonyl (C=O) groups excluding carboxylic acids is 2. The fraction of sp³-hybridized carbons (Fsp3) is 0.167. The van der Waals surface area contributed by atoms with Crippen LogP contribution in [0.2, 0.25) is 5.02 Å². The van der Waals surface area contributed by atoms with Gasteiger partial charge in [-0.05, 0) is 37.3 Å². The van der Waals surface area contributed by atoms with Gasteiger partial charge >= 0.3 is 5.97 Å². The molecular weight excluding hydrogens is 370 g/mol. The quantitative estimate of drug-likeness (QED) is 0.676. The molecule has 3 aromatic rings. The summed E-state index contributed by atoms with van der Waals surface area (Å²) < 4.78 is 6.29. The van der Waals surface area contributed by atoms with E-state index in [2.05, 4.69) is 20.4 Å². The van der Waals surface area contributed by atoms with E-state index in [4.69, 9.17) is 16.3 Å². The molecule has 0 aliphatic heterocycles. The third kappa shape index (κ3) is 4.12. The van der Waals surface area contributed by atoms with Crippen LogP contribution >= 0.6 is 11.6 Å². The van der Waals surface area contributed by atoms with Crippen LogP contribution in [0.5, 0.6) is 0 Å². The van der Waals surface area contributed by atoms with Crippen molar-refractivity contribution in [2.45, 2.75) is 13.0 Å². The average molecular weight is 386 g/mol. The molecular formula is C18H16ClN5O3. The van der Waals surface area contributed by atoms with Crippen LogP contribution < -0.4 is 5.32 Å². The first-order chi connectivity index (χ1) is 13.0. The number of nitrogens with zero attached hydrogens (tertiary/aromatic N) is 4. The second-order valence-corrected chi connectivity index (χ2v) is 6.02. The van der Waals surface area contributed by atoms with E-state index >= 15 is 0 Å². The van der Waals surface area contributed by atoms with Gasteiger partial charge in [0.25, 0.3) is 5.91 Å². The van der Waals surface area contributed by atoms with E-state index in [9.17, 15) is 9.59 Å². The maximum absolute atomic E-state index is 12.6. The summed E-state index contributed by atoms with van der Waals surface area (Å²) in [6.07, 6.45) is 3.05. The highest BCUT2D eigenvalue weighted by molar-refractivity contribution is 6.30. The van der Waals surface area contributed by atoms with Crippen molar-refractivity contribution in [3.8, 4) is 5.69 Å². The predicted octanol–water partition coefficient (Wildman–Crippen LogP) is 2.27. The number of hydrogen-bond acceptors (Lipinski definition) is 6. The predicted molar refractivity (Wildman–Crippen MR) is 97.6 cm³/mol. The van der Waals surface area contributed by atoms with Crippen molar-refractivity contribution in [2.75, 3.05) is 7.11 Å². The van der Waals surface area contributed by atoms with Gasteiger partial charge in [0.1, 0.15) is 5.82 Å². The molecule has 1 N–H and O–H groups in total. The van der Waals surface area contributed by atoms with Crippen molar-refractivity contribution in [3.05, 3.63) is 71.0 Å². The van der Waals surface area contributed by atoms with Gasteiger partial charge < -0.3 is 10.1 Å². The molecule has 0 saturated heterocycles. The van der Waals surface area contributed by atoms with E-state index < -0.39 is 17.9 Å². The Morgan fingerprint density at radius 3 is 2.59 bits per heavy atom. The molecule has 0 unspecified atom stereocenters. The maximum Gasteiger partial charge on any atom is 0.333 e. The van der Waals surface area contributed by atoms with Crippen molar-refractivity contribution in [1.82, 2.24) is 25.1 Å². The molecule has 2 heterocycles. The van der Waals surface area contributed by atoms with Crippen molar-refractivity contribution in [3.63, 3.8) is 0 Å². The van der Waals surface area contributed by atoms with Gasteiger partial charge in [0, 0.05) is 23.0 Å². The van der Waals surface area contributed by atoms with E-state index in [0.29, 0.717) is 22.1 Å². The van der Waals surface area contributed by atoms with Crippen LogP contribution in [-0.4, -0.2) is 38.7 Å². The molecule has 1 atom stereocenters. The SMILES string of the molecule is COC(=O)[C@@H](NC(=O)c1nc(C)n(-c2ccc(Cl)cc2)n1)c1cccnc1. The van der Waals surface area contributed by atoms with Gasteiger partial charge in [-0.15, -0.1) is 5.10 Å². The van der Waals surface area contributed by atoms with Crippen LogP contribution in [0.3, 0.4) is 0 Å². The number of halogens is 1. The second kappa shape index (κ2) is 7.96. The first-order valence-corrected chi connectivity index (χ1v) is 8.35. The standard InChI is InChI=1S/C18H16ClN5O3/c1-11-21-16(23-24(11)14-7-5-13(19)6-8-14)17(25)22-15(18(26)27-2)12-4-3-9-20-10-12/h3-10,15H,1-2H3,(H,22,25)/t15-/m0/s1. The molecule has 1 aromatic carbocycles. The lowest BCUT2D eigenvalue weighted by Gasteiger charge is -2.15. The van der Waals surface area contributed by atoms with Gasteiger partial charge in [-0.3, -0.25) is 9.78 Å². The number of aromatic nitrogens is 4. The van der Waals surface area contributed by atoms with Crippen LogP contribution in [0.25, 0.3) is 5.69 Å². The Balaban J connectivity index is 1.86. The minimum atomic E-state index is -1.01. The van der Waals surface area contributed by atoms with Crippen LogP contribution in [0, 0.1) is 6.92 Å². The molecule has 0 saturated carbocycles. The number of benzene rings is 1. The molecule has 0 fully saturated rings. The number of pyridine rings is 1. The highest BCUT2D eigenvalue weighted by Gasteiger charge is 2.26. The topological polar surface area (TPSA) is 99.0 Å². The Kier molecular flexibility index (Phi) is 5.46. The number of esters is 1. The van der Waals surface area contributed by atoms with Crippen LogP contribution in [0.1, 0.15) is 28.0 Å². The third-order valence-electron chi connectivity index (χ3n) is 3.77. The molecule has 0 spiro atoms. The smallest absolute Gasteiger partial charge is 0.333 e. The van der Waals surface area contributed by atoms with Crippen molar-refractivity contribution in [2.24, 2.45) is 0 Å². The van der Waals surface area contributed by atoms with Gasteiger partial charge in [-0.1, -0.05) is 17.7 Å². The van der Waals surface area contributed by atoms with Crippen LogP contribution in [0.4, 0.5) is 0 Å². The minimum absolute atomic E-state index is 0.0692. The summed E-state index contributed by atoms with van der Waals surface area (Å²) in [4.78, 5) is 32.8. The van der Waals surface area contributed by atoms with E-state index in [1.807, 2.05) is 0 Å². The van der Waals surface area contributed by atoms with Crippen molar-refractivity contribution < 1.29 is 14.3 Å². The zero-order valence-electron chi connectivity index (χ0n) is 14.6. The molecule has 0 aliphatic rings. The number of ether oxygens (including phenoxy) is 1. The fourth-order valence-electron chi connectivity index (χ4n) is 2.45. The summed E-state index contributed by atoms with van der Waals surface area (Å²) in [5.41, 5.74) is 1.20. The Morgan fingerprint density at radius 2 is 1.96 bits per heavy atom. The molecule has 9 heteroatoms. The lowest BCUT2D eigenvalue weighted by Crippen LogP contribution is -2.35. The number of aryl methyl sites for hydroxylation is 1. The Labute approximate surface area is 160 Å². The monoisotopic (exact) mass is 385 g/mol. The summed E-state index contributed by atoms with van der Waals surface area (Å²) >= 11 is 5.90. The van der Waals surface area contributed by atoms with Gasteiger partial charge in [-0.25, -0.2) is 14.5 Å². The first-order valence-electron chi connectivity index (χ1n) is 7.98. The van der Waals surface area contributed by atoms with Gasteiger partial charge in [-0.2, -0.15) is 0 Å². The normalized spacial score (nSPS) is 11.7. The molecule has 8 nitrogen and oxygen atoms in total. The number of hydrogen-bond donors (Lipinski definition) is 1. The van der Waals surface area contributed by atoms with E-state index in [1.54, 1.807) is 49.5 Å². The highest BCUT2D eigenvalue weighted by Crippen LogP contribution is 2.16. The molecule has 0 bridgehead atoms. The summed E-state index contributed by atoms with van der Waals surface area (Å²) in [6, 6.07) is 9.27. The Bertz CT molecular complexity index is 957. The molecule has 138 valence electrons. The maximum atomic E-state index is 12.6. The lowest BCUT2D eigenvalue weighted by atomic mass is 10.1. The summed E-state index contributed by atoms with van der Waals surface area (Å²) in [6.45, 7) is 1.72. The molecule has 27 heavy (non-hydrogen) atoms. The van der Waals surface area contributed by atoms with Crippen molar-refractivity contribution in [1.29, 1.82) is 0 Å². The second-order valence-electron chi connectivity index (χ2n) is 5.59. The van der Waals surface area contributed by atoms with Gasteiger partial charge in [0.05, 0.1) is 12.8 Å². The first kappa shape index (κ1) is 18.5. The van der Waals surface area contributed by atoms with Crippen LogP contribution in [0.15, 0.2) is 48.8 Å². The lowest BCUT2D eigenvalue weighted by molar-refractivity contribution is -0.143. The number of nitrogens with one attached hydrogen (secondary N) is 1. The van der Waals surface area contributed by atoms with Gasteiger partial charge in [0.2, 0.25) is 5.82 Å². The highest BCUT2D eigenvalue weighted by atomic mass is 35.5. The fourth-order valence-corrected chi connectivity index (χ4v) is 2.58. The van der Waals surface area contributed by atoms with Gasteiger partial charge in [0.15, 0.2) is 6.04 Å². The number of methoxy groups -OCH3 is 1.